The SMILES string of the molecule is Cc1ccc(NC(=O)CN2C(=O)NC3(CCCC3)C2=O)cc1S(=O)(=O)N1CCCCCC1. The van der Waals surface area contributed by atoms with Crippen molar-refractivity contribution in [3.63, 3.8) is 0 Å². The van der Waals surface area contributed by atoms with Crippen LogP contribution in [0.15, 0.2) is 23.1 Å². The predicted molar refractivity (Wildman–Crippen MR) is 118 cm³/mol. The summed E-state index contributed by atoms with van der Waals surface area (Å²) in [5, 5.41) is 5.40. The number of imide groups is 1. The average Bonchev–Trinajstić information content (AvgIpc) is 3.16. The van der Waals surface area contributed by atoms with Crippen molar-refractivity contribution >= 4 is 33.6 Å². The number of amides is 4. The van der Waals surface area contributed by atoms with Crippen LogP contribution in [0.3, 0.4) is 0 Å². The molecule has 2 aliphatic heterocycles. The van der Waals surface area contributed by atoms with Crippen LogP contribution in [0.25, 0.3) is 0 Å². The molecule has 2 N–H and O–H groups in total. The summed E-state index contributed by atoms with van der Waals surface area (Å²) in [7, 11) is -3.68. The molecule has 2 heterocycles. The topological polar surface area (TPSA) is 116 Å². The first-order valence-electron chi connectivity index (χ1n) is 11.3. The first-order chi connectivity index (χ1) is 15.2. The number of rotatable bonds is 5. The Balaban J connectivity index is 1.47. The highest BCUT2D eigenvalue weighted by molar-refractivity contribution is 7.89. The van der Waals surface area contributed by atoms with Crippen LogP contribution in [0.1, 0.15) is 56.9 Å². The number of nitrogens with one attached hydrogen (secondary N) is 2. The second-order valence-corrected chi connectivity index (χ2v) is 10.9. The summed E-state index contributed by atoms with van der Waals surface area (Å²) in [4.78, 5) is 38.8. The molecule has 0 bridgehead atoms. The smallest absolute Gasteiger partial charge is 0.324 e. The molecule has 2 saturated heterocycles. The Kier molecular flexibility index (Phi) is 6.26. The quantitative estimate of drug-likeness (QED) is 0.652. The molecule has 1 aromatic rings. The molecule has 9 nitrogen and oxygen atoms in total. The molecule has 10 heteroatoms. The monoisotopic (exact) mass is 462 g/mol. The van der Waals surface area contributed by atoms with E-state index in [-0.39, 0.29) is 10.8 Å². The maximum atomic E-state index is 13.2. The summed E-state index contributed by atoms with van der Waals surface area (Å²) in [6.07, 6.45) is 6.62. The molecule has 4 rings (SSSR count). The van der Waals surface area contributed by atoms with E-state index in [1.54, 1.807) is 19.1 Å². The van der Waals surface area contributed by atoms with Crippen molar-refractivity contribution in [3.05, 3.63) is 23.8 Å². The van der Waals surface area contributed by atoms with Gasteiger partial charge in [-0.05, 0) is 50.3 Å². The Morgan fingerprint density at radius 1 is 1.06 bits per heavy atom. The number of carbonyl (C=O) groups excluding carboxylic acids is 3. The molecule has 0 unspecified atom stereocenters. The van der Waals surface area contributed by atoms with E-state index in [9.17, 15) is 22.8 Å². The summed E-state index contributed by atoms with van der Waals surface area (Å²) < 4.78 is 27.9. The van der Waals surface area contributed by atoms with Crippen LogP contribution in [-0.2, 0) is 19.6 Å². The Morgan fingerprint density at radius 2 is 1.72 bits per heavy atom. The van der Waals surface area contributed by atoms with Crippen molar-refractivity contribution in [1.82, 2.24) is 14.5 Å². The van der Waals surface area contributed by atoms with Crippen molar-refractivity contribution in [1.29, 1.82) is 0 Å². The molecule has 3 fully saturated rings. The molecule has 1 spiro atoms. The minimum absolute atomic E-state index is 0.164. The number of hydrogen-bond acceptors (Lipinski definition) is 5. The molecule has 4 amide bonds. The fourth-order valence-electron chi connectivity index (χ4n) is 4.86. The summed E-state index contributed by atoms with van der Waals surface area (Å²) >= 11 is 0. The predicted octanol–water partition coefficient (Wildman–Crippen LogP) is 2.36. The minimum atomic E-state index is -3.68. The minimum Gasteiger partial charge on any atom is -0.324 e. The lowest BCUT2D eigenvalue weighted by Crippen LogP contribution is -2.44. The standard InChI is InChI=1S/C22H30N4O5S/c1-16-8-9-17(14-18(16)32(30,31)25-12-6-2-3-7-13-25)23-19(27)15-26-20(28)22(24-21(26)29)10-4-5-11-22/h8-9,14H,2-7,10-13,15H2,1H3,(H,23,27)(H,24,29). The van der Waals surface area contributed by atoms with E-state index in [4.69, 9.17) is 0 Å². The molecule has 3 aliphatic rings. The molecule has 0 aromatic heterocycles. The van der Waals surface area contributed by atoms with Crippen molar-refractivity contribution < 1.29 is 22.8 Å². The third-order valence-corrected chi connectivity index (χ3v) is 8.70. The number of anilines is 1. The number of carbonyl (C=O) groups is 3. The maximum absolute atomic E-state index is 13.2. The lowest BCUT2D eigenvalue weighted by atomic mass is 9.98. The van der Waals surface area contributed by atoms with Gasteiger partial charge < -0.3 is 10.6 Å². The molecule has 32 heavy (non-hydrogen) atoms. The van der Waals surface area contributed by atoms with E-state index < -0.39 is 34.0 Å². The van der Waals surface area contributed by atoms with E-state index in [1.807, 2.05) is 0 Å². The third kappa shape index (κ3) is 4.25. The van der Waals surface area contributed by atoms with Gasteiger partial charge in [0.1, 0.15) is 12.1 Å². The summed E-state index contributed by atoms with van der Waals surface area (Å²) in [5.74, 6) is -0.908. The Hall–Kier alpha value is -2.46. The van der Waals surface area contributed by atoms with Gasteiger partial charge in [-0.3, -0.25) is 14.5 Å². The van der Waals surface area contributed by atoms with Crippen LogP contribution in [0.5, 0.6) is 0 Å². The van der Waals surface area contributed by atoms with Crippen LogP contribution in [0.2, 0.25) is 0 Å². The van der Waals surface area contributed by atoms with Crippen molar-refractivity contribution in [2.45, 2.75) is 68.7 Å². The number of sulfonamides is 1. The van der Waals surface area contributed by atoms with Crippen LogP contribution in [0.4, 0.5) is 10.5 Å². The van der Waals surface area contributed by atoms with Gasteiger partial charge in [-0.25, -0.2) is 13.2 Å². The highest BCUT2D eigenvalue weighted by Crippen LogP contribution is 2.35. The summed E-state index contributed by atoms with van der Waals surface area (Å²) in [6.45, 7) is 2.30. The molecule has 0 radical (unpaired) electrons. The molecular formula is C22H30N4O5S. The zero-order chi connectivity index (χ0) is 22.9. The highest BCUT2D eigenvalue weighted by atomic mass is 32.2. The number of urea groups is 1. The molecule has 1 saturated carbocycles. The van der Waals surface area contributed by atoms with Gasteiger partial charge in [-0.15, -0.1) is 0 Å². The fraction of sp³-hybridized carbons (Fsp3) is 0.591. The number of aryl methyl sites for hydroxylation is 1. The molecule has 174 valence electrons. The molecule has 0 atom stereocenters. The zero-order valence-electron chi connectivity index (χ0n) is 18.4. The first-order valence-corrected chi connectivity index (χ1v) is 12.7. The van der Waals surface area contributed by atoms with E-state index in [0.717, 1.165) is 43.4 Å². The van der Waals surface area contributed by atoms with Gasteiger partial charge in [0.2, 0.25) is 15.9 Å². The Bertz CT molecular complexity index is 1020. The number of benzene rings is 1. The van der Waals surface area contributed by atoms with Gasteiger partial charge in [0.15, 0.2) is 0 Å². The van der Waals surface area contributed by atoms with Gasteiger partial charge in [-0.2, -0.15) is 4.31 Å². The van der Waals surface area contributed by atoms with Gasteiger partial charge in [-0.1, -0.05) is 31.7 Å². The average molecular weight is 463 g/mol. The van der Waals surface area contributed by atoms with Gasteiger partial charge in [0, 0.05) is 18.8 Å². The fourth-order valence-corrected chi connectivity index (χ4v) is 6.63. The van der Waals surface area contributed by atoms with Gasteiger partial charge in [0.25, 0.3) is 5.91 Å². The van der Waals surface area contributed by atoms with E-state index in [0.29, 0.717) is 37.2 Å². The van der Waals surface area contributed by atoms with Gasteiger partial charge in [0.05, 0.1) is 4.90 Å². The molecular weight excluding hydrogens is 432 g/mol. The van der Waals surface area contributed by atoms with Crippen molar-refractivity contribution in [2.24, 2.45) is 0 Å². The van der Waals surface area contributed by atoms with Crippen molar-refractivity contribution in [2.75, 3.05) is 25.0 Å². The Labute approximate surface area is 188 Å². The van der Waals surface area contributed by atoms with Crippen LogP contribution < -0.4 is 10.6 Å². The summed E-state index contributed by atoms with van der Waals surface area (Å²) in [6, 6.07) is 4.18. The normalized spacial score (nSPS) is 21.6. The highest BCUT2D eigenvalue weighted by Gasteiger charge is 2.52. The lowest BCUT2D eigenvalue weighted by Gasteiger charge is -2.22. The van der Waals surface area contributed by atoms with E-state index in [1.165, 1.54) is 10.4 Å². The van der Waals surface area contributed by atoms with Crippen molar-refractivity contribution in [3.8, 4) is 0 Å². The second-order valence-electron chi connectivity index (χ2n) is 8.96. The number of nitrogens with zero attached hydrogens (tertiary/aromatic N) is 2. The first kappa shape index (κ1) is 22.7. The molecule has 1 aromatic carbocycles. The van der Waals surface area contributed by atoms with E-state index >= 15 is 0 Å². The third-order valence-electron chi connectivity index (χ3n) is 6.66. The van der Waals surface area contributed by atoms with Crippen LogP contribution >= 0.6 is 0 Å². The zero-order valence-corrected chi connectivity index (χ0v) is 19.2. The second kappa shape index (κ2) is 8.82. The maximum Gasteiger partial charge on any atom is 0.325 e. The van der Waals surface area contributed by atoms with E-state index in [2.05, 4.69) is 10.6 Å². The van der Waals surface area contributed by atoms with Gasteiger partial charge >= 0.3 is 6.03 Å². The van der Waals surface area contributed by atoms with Crippen LogP contribution in [-0.4, -0.2) is 60.6 Å². The Morgan fingerprint density at radius 3 is 2.38 bits per heavy atom. The number of hydrogen-bond donors (Lipinski definition) is 2. The molecule has 1 aliphatic carbocycles. The largest absolute Gasteiger partial charge is 0.325 e. The lowest BCUT2D eigenvalue weighted by molar-refractivity contribution is -0.133. The van der Waals surface area contributed by atoms with Crippen LogP contribution in [0, 0.1) is 6.92 Å². The summed E-state index contributed by atoms with van der Waals surface area (Å²) in [5.41, 5.74) is 0.0523.